The van der Waals surface area contributed by atoms with Gasteiger partial charge in [-0.15, -0.1) is 11.3 Å². The maximum absolute atomic E-state index is 12.8. The fourth-order valence-electron chi connectivity index (χ4n) is 3.82. The lowest BCUT2D eigenvalue weighted by Gasteiger charge is -2.30. The first-order valence-corrected chi connectivity index (χ1v) is 12.1. The maximum atomic E-state index is 12.8. The Kier molecular flexibility index (Phi) is 5.67. The number of amides is 4. The average molecular weight is 464 g/mol. The average Bonchev–Trinajstić information content (AvgIpc) is 3.31. The second-order valence-corrected chi connectivity index (χ2v) is 10.1. The zero-order valence-corrected chi connectivity index (χ0v) is 18.1. The van der Waals surface area contributed by atoms with E-state index >= 15 is 0 Å². The molecule has 1 aliphatic heterocycles. The molecular weight excluding hydrogens is 442 g/mol. The van der Waals surface area contributed by atoms with Crippen molar-refractivity contribution in [3.05, 3.63) is 35.8 Å². The zero-order valence-electron chi connectivity index (χ0n) is 16.5. The quantitative estimate of drug-likeness (QED) is 0.561. The van der Waals surface area contributed by atoms with E-state index in [9.17, 15) is 22.8 Å². The summed E-state index contributed by atoms with van der Waals surface area (Å²) in [6, 6.07) is 5.00. The standard InChI is InChI=1S/C19H21N5O5S2/c25-15(12-24-16(26)19(22-18(24)27)8-2-1-3-9-19)21-13-4-6-14(7-5-13)31(28,29)23-17-20-10-11-30-17/h4-7,10-11H,1-3,8-9,12H2,(H,20,23)(H,21,25)(H,22,27). The van der Waals surface area contributed by atoms with Gasteiger partial charge >= 0.3 is 6.03 Å². The van der Waals surface area contributed by atoms with Crippen molar-refractivity contribution in [3.8, 4) is 0 Å². The molecule has 4 rings (SSSR count). The fourth-order valence-corrected chi connectivity index (χ4v) is 5.61. The minimum Gasteiger partial charge on any atom is -0.325 e. The first-order valence-electron chi connectivity index (χ1n) is 9.75. The molecule has 4 amide bonds. The molecule has 31 heavy (non-hydrogen) atoms. The third-order valence-corrected chi connectivity index (χ3v) is 7.53. The van der Waals surface area contributed by atoms with Gasteiger partial charge in [0.25, 0.3) is 15.9 Å². The van der Waals surface area contributed by atoms with Crippen LogP contribution in [0.3, 0.4) is 0 Å². The van der Waals surface area contributed by atoms with Gasteiger partial charge in [-0.2, -0.15) is 0 Å². The molecule has 1 aromatic carbocycles. The van der Waals surface area contributed by atoms with Gasteiger partial charge in [-0.25, -0.2) is 18.2 Å². The van der Waals surface area contributed by atoms with Crippen LogP contribution in [-0.2, 0) is 19.6 Å². The van der Waals surface area contributed by atoms with Crippen molar-refractivity contribution in [2.75, 3.05) is 16.6 Å². The van der Waals surface area contributed by atoms with E-state index in [0.29, 0.717) is 18.5 Å². The lowest BCUT2D eigenvalue weighted by molar-refractivity contribution is -0.134. The Labute approximate surface area is 183 Å². The number of nitrogens with zero attached hydrogens (tertiary/aromatic N) is 2. The molecule has 12 heteroatoms. The molecule has 1 saturated carbocycles. The van der Waals surface area contributed by atoms with Gasteiger partial charge in [0.1, 0.15) is 12.1 Å². The van der Waals surface area contributed by atoms with E-state index in [1.165, 1.54) is 30.5 Å². The summed E-state index contributed by atoms with van der Waals surface area (Å²) in [7, 11) is -3.80. The van der Waals surface area contributed by atoms with Gasteiger partial charge in [0, 0.05) is 17.3 Å². The van der Waals surface area contributed by atoms with E-state index in [0.717, 1.165) is 35.5 Å². The molecule has 0 atom stereocenters. The van der Waals surface area contributed by atoms with Crippen molar-refractivity contribution in [2.45, 2.75) is 42.5 Å². The summed E-state index contributed by atoms with van der Waals surface area (Å²) in [6.07, 6.45) is 5.40. The topological polar surface area (TPSA) is 138 Å². The summed E-state index contributed by atoms with van der Waals surface area (Å²) in [5, 5.41) is 7.25. The number of hydrogen-bond acceptors (Lipinski definition) is 7. The Bertz CT molecular complexity index is 1090. The SMILES string of the molecule is O=C(CN1C(=O)NC2(CCCCC2)C1=O)Nc1ccc(S(=O)(=O)Nc2nccs2)cc1. The number of carbonyl (C=O) groups is 3. The molecule has 0 unspecified atom stereocenters. The Hall–Kier alpha value is -2.99. The van der Waals surface area contributed by atoms with Crippen molar-refractivity contribution < 1.29 is 22.8 Å². The Morgan fingerprint density at radius 1 is 1.16 bits per heavy atom. The molecule has 10 nitrogen and oxygen atoms in total. The van der Waals surface area contributed by atoms with Crippen LogP contribution < -0.4 is 15.4 Å². The Morgan fingerprint density at radius 2 is 1.87 bits per heavy atom. The van der Waals surface area contributed by atoms with Crippen molar-refractivity contribution in [1.29, 1.82) is 0 Å². The van der Waals surface area contributed by atoms with Crippen molar-refractivity contribution in [3.63, 3.8) is 0 Å². The highest BCUT2D eigenvalue weighted by Gasteiger charge is 2.51. The molecule has 164 valence electrons. The van der Waals surface area contributed by atoms with Crippen LogP contribution in [0.2, 0.25) is 0 Å². The number of nitrogens with one attached hydrogen (secondary N) is 3. The molecule has 1 spiro atoms. The molecule has 2 fully saturated rings. The van der Waals surface area contributed by atoms with Crippen LogP contribution in [0, 0.1) is 0 Å². The predicted octanol–water partition coefficient (Wildman–Crippen LogP) is 2.14. The molecule has 1 aromatic heterocycles. The molecule has 1 aliphatic carbocycles. The van der Waals surface area contributed by atoms with Crippen LogP contribution in [0.1, 0.15) is 32.1 Å². The van der Waals surface area contributed by atoms with Gasteiger partial charge in [0.05, 0.1) is 4.90 Å². The smallest absolute Gasteiger partial charge is 0.325 e. The van der Waals surface area contributed by atoms with Crippen LogP contribution in [0.5, 0.6) is 0 Å². The maximum Gasteiger partial charge on any atom is 0.325 e. The number of aromatic nitrogens is 1. The van der Waals surface area contributed by atoms with E-state index in [1.54, 1.807) is 5.38 Å². The minimum absolute atomic E-state index is 0.00837. The lowest BCUT2D eigenvalue weighted by atomic mass is 9.82. The van der Waals surface area contributed by atoms with Gasteiger partial charge < -0.3 is 10.6 Å². The van der Waals surface area contributed by atoms with Crippen molar-refractivity contribution in [2.24, 2.45) is 0 Å². The molecule has 1 saturated heterocycles. The van der Waals surface area contributed by atoms with Crippen LogP contribution in [-0.4, -0.2) is 48.2 Å². The summed E-state index contributed by atoms with van der Waals surface area (Å²) in [5.41, 5.74) is -0.534. The Balaban J connectivity index is 1.38. The summed E-state index contributed by atoms with van der Waals surface area (Å²) in [6.45, 7) is -0.405. The first-order chi connectivity index (χ1) is 14.8. The number of benzene rings is 1. The van der Waals surface area contributed by atoms with Crippen LogP contribution in [0.15, 0.2) is 40.7 Å². The van der Waals surface area contributed by atoms with E-state index in [2.05, 4.69) is 20.3 Å². The number of sulfonamides is 1. The monoisotopic (exact) mass is 463 g/mol. The van der Waals surface area contributed by atoms with Gasteiger partial charge in [0.2, 0.25) is 5.91 Å². The van der Waals surface area contributed by atoms with E-state index in [1.807, 2.05) is 0 Å². The normalized spacial score (nSPS) is 18.1. The summed E-state index contributed by atoms with van der Waals surface area (Å²) < 4.78 is 27.1. The third-order valence-electron chi connectivity index (χ3n) is 5.36. The molecule has 2 heterocycles. The molecule has 0 radical (unpaired) electrons. The van der Waals surface area contributed by atoms with Crippen LogP contribution in [0.25, 0.3) is 0 Å². The minimum atomic E-state index is -3.80. The summed E-state index contributed by atoms with van der Waals surface area (Å²) >= 11 is 1.16. The van der Waals surface area contributed by atoms with Gasteiger partial charge in [-0.05, 0) is 37.1 Å². The summed E-state index contributed by atoms with van der Waals surface area (Å²) in [4.78, 5) is 42.3. The predicted molar refractivity (Wildman–Crippen MR) is 114 cm³/mol. The molecule has 2 aliphatic rings. The number of thiazole rings is 1. The number of anilines is 2. The number of carbonyl (C=O) groups excluding carboxylic acids is 3. The van der Waals surface area contributed by atoms with Gasteiger partial charge in [-0.3, -0.25) is 19.2 Å². The lowest BCUT2D eigenvalue weighted by Crippen LogP contribution is -2.48. The summed E-state index contributed by atoms with van der Waals surface area (Å²) in [5.74, 6) is -0.907. The number of urea groups is 1. The number of hydrogen-bond donors (Lipinski definition) is 3. The van der Waals surface area contributed by atoms with Crippen LogP contribution >= 0.6 is 11.3 Å². The highest BCUT2D eigenvalue weighted by Crippen LogP contribution is 2.33. The third kappa shape index (κ3) is 4.39. The Morgan fingerprint density at radius 3 is 2.52 bits per heavy atom. The second kappa shape index (κ2) is 8.27. The van der Waals surface area contributed by atoms with E-state index in [-0.39, 0.29) is 15.9 Å². The highest BCUT2D eigenvalue weighted by molar-refractivity contribution is 7.93. The zero-order chi connectivity index (χ0) is 22.1. The first kappa shape index (κ1) is 21.2. The molecule has 2 aromatic rings. The van der Waals surface area contributed by atoms with E-state index < -0.39 is 34.0 Å². The largest absolute Gasteiger partial charge is 0.325 e. The number of rotatable bonds is 6. The molecular formula is C19H21N5O5S2. The number of imide groups is 1. The molecule has 0 bridgehead atoms. The molecule has 3 N–H and O–H groups in total. The van der Waals surface area contributed by atoms with Crippen LogP contribution in [0.4, 0.5) is 15.6 Å². The van der Waals surface area contributed by atoms with Crippen molar-refractivity contribution >= 4 is 50.0 Å². The van der Waals surface area contributed by atoms with Crippen molar-refractivity contribution in [1.82, 2.24) is 15.2 Å². The van der Waals surface area contributed by atoms with Gasteiger partial charge in [-0.1, -0.05) is 19.3 Å². The highest BCUT2D eigenvalue weighted by atomic mass is 32.2. The van der Waals surface area contributed by atoms with E-state index in [4.69, 9.17) is 0 Å². The fraction of sp³-hybridized carbons (Fsp3) is 0.368. The van der Waals surface area contributed by atoms with Gasteiger partial charge in [0.15, 0.2) is 5.13 Å². The second-order valence-electron chi connectivity index (χ2n) is 7.48.